The number of amides is 1. The van der Waals surface area contributed by atoms with Gasteiger partial charge >= 0.3 is 7.82 Å². The Bertz CT molecular complexity index is 1100. The largest absolute Gasteiger partial charge is 0.472 e. The van der Waals surface area contributed by atoms with E-state index in [-0.39, 0.29) is 12.3 Å². The molecule has 13 heteroatoms. The van der Waals surface area contributed by atoms with E-state index in [0.29, 0.717) is 19.3 Å². The van der Waals surface area contributed by atoms with Crippen molar-refractivity contribution in [3.63, 3.8) is 0 Å². The lowest BCUT2D eigenvalue weighted by molar-refractivity contribution is -0.220. The van der Waals surface area contributed by atoms with Crippen LogP contribution in [-0.2, 0) is 18.4 Å². The van der Waals surface area contributed by atoms with Gasteiger partial charge in [-0.05, 0) is 12.8 Å². The van der Waals surface area contributed by atoms with Crippen LogP contribution in [0.4, 0.5) is 0 Å². The van der Waals surface area contributed by atoms with Crippen molar-refractivity contribution in [3.05, 3.63) is 0 Å². The van der Waals surface area contributed by atoms with Gasteiger partial charge in [-0.15, -0.1) is 0 Å². The molecule has 8 N–H and O–H groups in total. The maximum absolute atomic E-state index is 13.0. The van der Waals surface area contributed by atoms with Gasteiger partial charge in [-0.2, -0.15) is 0 Å². The molecule has 0 spiro atoms. The van der Waals surface area contributed by atoms with E-state index in [9.17, 15) is 44.9 Å². The zero-order chi connectivity index (χ0) is 47.8. The number of nitrogens with one attached hydrogen (secondary N) is 1. The molecule has 6 unspecified atom stereocenters. The third kappa shape index (κ3) is 33.5. The predicted octanol–water partition coefficient (Wildman–Crippen LogP) is 11.8. The summed E-state index contributed by atoms with van der Waals surface area (Å²) in [6.07, 6.45) is 36.0. The molecule has 0 aromatic rings. The average Bonchev–Trinajstić information content (AvgIpc) is 3.29. The van der Waals surface area contributed by atoms with Crippen molar-refractivity contribution in [1.82, 2.24) is 5.32 Å². The third-order valence-electron chi connectivity index (χ3n) is 13.7. The highest BCUT2D eigenvalue weighted by Gasteiger charge is 2.51. The Labute approximate surface area is 397 Å². The first kappa shape index (κ1) is 62.4. The van der Waals surface area contributed by atoms with Crippen LogP contribution in [0.3, 0.4) is 0 Å². The standard InChI is InChI=1S/C52H104NO11P/c1-3-5-7-9-11-13-15-16-17-18-19-20-21-22-23-24-25-26-27-28-29-30-31-32-34-36-38-40-42-46(55)53-44(45(54)41-39-37-35-33-14-12-10-8-6-4-2)43-63-65(61,62)64-52-50(59)48(57)47(56)49(58)51(52)60/h44-45,47-52,54,56-60H,3-43H2,1-2H3,(H,53,55)(H,61,62)/t44-,45+,47?,48+,49?,50?,51?,52?/m0/s1. The lowest BCUT2D eigenvalue weighted by Crippen LogP contribution is -2.64. The maximum Gasteiger partial charge on any atom is 0.472 e. The molecule has 0 aliphatic heterocycles. The Balaban J connectivity index is 2.21. The van der Waals surface area contributed by atoms with Gasteiger partial charge in [0.15, 0.2) is 0 Å². The molecule has 12 nitrogen and oxygen atoms in total. The molecule has 9 atom stereocenters. The second-order valence-electron chi connectivity index (χ2n) is 19.8. The van der Waals surface area contributed by atoms with Gasteiger partial charge in [-0.25, -0.2) is 4.57 Å². The van der Waals surface area contributed by atoms with E-state index >= 15 is 0 Å². The number of aliphatic hydroxyl groups excluding tert-OH is 6. The van der Waals surface area contributed by atoms with Crippen molar-refractivity contribution in [2.75, 3.05) is 6.61 Å². The molecule has 1 rings (SSSR count). The summed E-state index contributed by atoms with van der Waals surface area (Å²) >= 11 is 0. The van der Waals surface area contributed by atoms with Crippen molar-refractivity contribution in [2.45, 2.75) is 319 Å². The Morgan fingerprint density at radius 2 is 0.738 bits per heavy atom. The number of unbranched alkanes of at least 4 members (excludes halogenated alkanes) is 36. The summed E-state index contributed by atoms with van der Waals surface area (Å²) in [5, 5.41) is 64.2. The monoisotopic (exact) mass is 950 g/mol. The van der Waals surface area contributed by atoms with Crippen molar-refractivity contribution < 1.29 is 53.9 Å². The zero-order valence-corrected chi connectivity index (χ0v) is 42.7. The van der Waals surface area contributed by atoms with Gasteiger partial charge in [-0.1, -0.05) is 251 Å². The summed E-state index contributed by atoms with van der Waals surface area (Å²) in [7, 11) is -5.05. The van der Waals surface area contributed by atoms with E-state index in [1.54, 1.807) is 0 Å². The fourth-order valence-corrected chi connectivity index (χ4v) is 10.2. The molecule has 65 heavy (non-hydrogen) atoms. The molecule has 0 saturated heterocycles. The first-order valence-electron chi connectivity index (χ1n) is 27.5. The number of carbonyl (C=O) groups is 1. The van der Waals surface area contributed by atoms with E-state index < -0.39 is 63.2 Å². The lowest BCUT2D eigenvalue weighted by atomic mass is 9.85. The van der Waals surface area contributed by atoms with Crippen molar-refractivity contribution in [1.29, 1.82) is 0 Å². The third-order valence-corrected chi connectivity index (χ3v) is 14.7. The van der Waals surface area contributed by atoms with E-state index in [1.807, 2.05) is 0 Å². The molecule has 0 bridgehead atoms. The number of hydrogen-bond donors (Lipinski definition) is 8. The van der Waals surface area contributed by atoms with E-state index in [1.165, 1.54) is 193 Å². The fraction of sp³-hybridized carbons (Fsp3) is 0.981. The number of phosphoric ester groups is 1. The summed E-state index contributed by atoms with van der Waals surface area (Å²) in [5.41, 5.74) is 0. The molecule has 0 aromatic carbocycles. The Hall–Kier alpha value is -0.660. The number of carbonyl (C=O) groups excluding carboxylic acids is 1. The zero-order valence-electron chi connectivity index (χ0n) is 41.8. The van der Waals surface area contributed by atoms with E-state index in [2.05, 4.69) is 19.2 Å². The van der Waals surface area contributed by atoms with Gasteiger partial charge in [-0.3, -0.25) is 13.8 Å². The lowest BCUT2D eigenvalue weighted by Gasteiger charge is -2.41. The quantitative estimate of drug-likeness (QED) is 0.0213. The minimum atomic E-state index is -5.05. The molecule has 1 fully saturated rings. The number of aliphatic hydroxyl groups is 6. The Kier molecular flexibility index (Phi) is 40.5. The fourth-order valence-electron chi connectivity index (χ4n) is 9.21. The van der Waals surface area contributed by atoms with E-state index in [4.69, 9.17) is 9.05 Å². The topological polar surface area (TPSA) is 206 Å². The summed E-state index contributed by atoms with van der Waals surface area (Å²) < 4.78 is 23.0. The molecule has 1 amide bonds. The highest BCUT2D eigenvalue weighted by atomic mass is 31.2. The van der Waals surface area contributed by atoms with Crippen LogP contribution in [0.2, 0.25) is 0 Å². The predicted molar refractivity (Wildman–Crippen MR) is 265 cm³/mol. The van der Waals surface area contributed by atoms with Crippen LogP contribution in [0.5, 0.6) is 0 Å². The first-order valence-corrected chi connectivity index (χ1v) is 29.0. The minimum Gasteiger partial charge on any atom is -0.391 e. The maximum atomic E-state index is 13.0. The van der Waals surface area contributed by atoms with Crippen molar-refractivity contribution >= 4 is 13.7 Å². The van der Waals surface area contributed by atoms with Gasteiger partial charge in [0.05, 0.1) is 18.8 Å². The molecule has 1 aliphatic carbocycles. The molecule has 0 heterocycles. The van der Waals surface area contributed by atoms with Gasteiger partial charge in [0.1, 0.15) is 36.6 Å². The highest BCUT2D eigenvalue weighted by Crippen LogP contribution is 2.47. The molecular weight excluding hydrogens is 846 g/mol. The molecule has 1 saturated carbocycles. The van der Waals surface area contributed by atoms with Crippen LogP contribution in [0.15, 0.2) is 0 Å². The Morgan fingerprint density at radius 1 is 0.462 bits per heavy atom. The SMILES string of the molecule is CCCCCCCCCCCCCCCCCCCCCCCCCCCCCCC(=O)N[C@@H](COP(=O)(O)OC1C(O)C(O)C(O)[C@@H](O)C1O)[C@H](O)CCCCCCCCCCCC. The Morgan fingerprint density at radius 3 is 1.06 bits per heavy atom. The summed E-state index contributed by atoms with van der Waals surface area (Å²) in [5.74, 6) is -0.303. The molecule has 388 valence electrons. The van der Waals surface area contributed by atoms with E-state index in [0.717, 1.165) is 38.5 Å². The number of rotatable bonds is 47. The normalized spacial score (nSPS) is 21.9. The van der Waals surface area contributed by atoms with Crippen LogP contribution in [-0.4, -0.2) is 96.8 Å². The smallest absolute Gasteiger partial charge is 0.391 e. The van der Waals surface area contributed by atoms with Gasteiger partial charge in [0.25, 0.3) is 0 Å². The van der Waals surface area contributed by atoms with Crippen LogP contribution in [0.1, 0.15) is 271 Å². The second kappa shape index (κ2) is 42.2. The number of hydrogen-bond acceptors (Lipinski definition) is 10. The molecule has 0 aromatic heterocycles. The van der Waals surface area contributed by atoms with Gasteiger partial charge in [0.2, 0.25) is 5.91 Å². The number of phosphoric acid groups is 1. The van der Waals surface area contributed by atoms with Crippen LogP contribution in [0.25, 0.3) is 0 Å². The highest BCUT2D eigenvalue weighted by molar-refractivity contribution is 7.47. The minimum absolute atomic E-state index is 0.243. The van der Waals surface area contributed by atoms with Gasteiger partial charge < -0.3 is 40.8 Å². The first-order chi connectivity index (χ1) is 31.4. The van der Waals surface area contributed by atoms with Crippen molar-refractivity contribution in [2.24, 2.45) is 0 Å². The molecular formula is C52H104NO11P. The van der Waals surface area contributed by atoms with Crippen molar-refractivity contribution in [3.8, 4) is 0 Å². The van der Waals surface area contributed by atoms with Gasteiger partial charge in [0, 0.05) is 6.42 Å². The molecule has 1 aliphatic rings. The summed E-state index contributed by atoms with van der Waals surface area (Å²) in [6, 6.07) is -1.02. The van der Waals surface area contributed by atoms with Crippen LogP contribution < -0.4 is 5.32 Å². The molecule has 0 radical (unpaired) electrons. The van der Waals surface area contributed by atoms with Crippen LogP contribution >= 0.6 is 7.82 Å². The second-order valence-corrected chi connectivity index (χ2v) is 21.2. The van der Waals surface area contributed by atoms with Crippen LogP contribution in [0, 0.1) is 0 Å². The summed E-state index contributed by atoms with van der Waals surface area (Å²) in [4.78, 5) is 23.4. The average molecular weight is 950 g/mol. The summed E-state index contributed by atoms with van der Waals surface area (Å²) in [6.45, 7) is 3.90.